The Bertz CT molecular complexity index is 405. The maximum absolute atomic E-state index is 13.2. The summed E-state index contributed by atoms with van der Waals surface area (Å²) in [4.78, 5) is 11.0. The number of rotatable bonds is 4. The van der Waals surface area contributed by atoms with Crippen LogP contribution in [0.3, 0.4) is 0 Å². The van der Waals surface area contributed by atoms with E-state index in [4.69, 9.17) is 5.84 Å². The second-order valence-corrected chi connectivity index (χ2v) is 2.97. The van der Waals surface area contributed by atoms with E-state index in [-0.39, 0.29) is 5.69 Å². The number of halogens is 1. The molecule has 0 saturated carbocycles. The number of benzene rings is 1. The van der Waals surface area contributed by atoms with Gasteiger partial charge in [-0.2, -0.15) is 0 Å². The molecule has 0 bridgehead atoms. The molecule has 0 atom stereocenters. The van der Waals surface area contributed by atoms with Gasteiger partial charge in [-0.1, -0.05) is 6.07 Å². The summed E-state index contributed by atoms with van der Waals surface area (Å²) < 4.78 is 17.9. The van der Waals surface area contributed by atoms with E-state index in [0.29, 0.717) is 12.2 Å². The number of hydrazine groups is 1. The lowest BCUT2D eigenvalue weighted by atomic mass is 10.2. The van der Waals surface area contributed by atoms with Crippen molar-refractivity contribution in [3.63, 3.8) is 0 Å². The van der Waals surface area contributed by atoms with Crippen LogP contribution in [0, 0.1) is 5.82 Å². The van der Waals surface area contributed by atoms with Crippen LogP contribution >= 0.6 is 0 Å². The first-order chi connectivity index (χ1) is 7.67. The van der Waals surface area contributed by atoms with Crippen molar-refractivity contribution in [3.05, 3.63) is 35.7 Å². The first-order valence-corrected chi connectivity index (χ1v) is 4.78. The molecule has 5 heteroatoms. The van der Waals surface area contributed by atoms with Gasteiger partial charge in [-0.25, -0.2) is 9.18 Å². The summed E-state index contributed by atoms with van der Waals surface area (Å²) in [5, 5.41) is 0. The minimum absolute atomic E-state index is 0.202. The topological polar surface area (TPSA) is 64.3 Å². The van der Waals surface area contributed by atoms with Crippen molar-refractivity contribution in [3.8, 4) is 0 Å². The van der Waals surface area contributed by atoms with E-state index in [0.717, 1.165) is 0 Å². The number of carbonyl (C=O) groups is 1. The van der Waals surface area contributed by atoms with Gasteiger partial charge in [0.25, 0.3) is 0 Å². The molecular weight excluding hydrogens is 211 g/mol. The molecule has 3 N–H and O–H groups in total. The molecule has 0 aliphatic heterocycles. The van der Waals surface area contributed by atoms with Crippen LogP contribution in [0.2, 0.25) is 0 Å². The molecule has 0 fully saturated rings. The molecular formula is C11H13FN2O2. The highest BCUT2D eigenvalue weighted by Crippen LogP contribution is 2.15. The van der Waals surface area contributed by atoms with Crippen molar-refractivity contribution in [1.29, 1.82) is 0 Å². The molecule has 0 radical (unpaired) electrons. The summed E-state index contributed by atoms with van der Waals surface area (Å²) in [6.07, 6.45) is 2.72. The Balaban J connectivity index is 2.75. The lowest BCUT2D eigenvalue weighted by Crippen LogP contribution is -2.08. The van der Waals surface area contributed by atoms with Crippen LogP contribution in [0.25, 0.3) is 6.08 Å². The molecule has 0 unspecified atom stereocenters. The minimum atomic E-state index is -0.478. The standard InChI is InChI=1S/C11H13FN2O2/c1-2-16-11(15)6-4-8-3-5-10(14-13)9(12)7-8/h3-7,14H,2,13H2,1H3. The summed E-state index contributed by atoms with van der Waals surface area (Å²) >= 11 is 0. The molecule has 0 aromatic heterocycles. The van der Waals surface area contributed by atoms with E-state index in [1.807, 2.05) is 0 Å². The van der Waals surface area contributed by atoms with Gasteiger partial charge in [0, 0.05) is 6.08 Å². The van der Waals surface area contributed by atoms with E-state index < -0.39 is 11.8 Å². The maximum atomic E-state index is 13.2. The third-order valence-corrected chi connectivity index (χ3v) is 1.85. The highest BCUT2D eigenvalue weighted by atomic mass is 19.1. The van der Waals surface area contributed by atoms with Gasteiger partial charge in [0.2, 0.25) is 0 Å². The summed E-state index contributed by atoms with van der Waals surface area (Å²) in [7, 11) is 0. The van der Waals surface area contributed by atoms with Crippen molar-refractivity contribution in [2.75, 3.05) is 12.0 Å². The molecule has 0 heterocycles. The lowest BCUT2D eigenvalue weighted by Gasteiger charge is -2.02. The summed E-state index contributed by atoms with van der Waals surface area (Å²) in [5.74, 6) is 4.15. The molecule has 0 amide bonds. The third-order valence-electron chi connectivity index (χ3n) is 1.85. The quantitative estimate of drug-likeness (QED) is 0.353. The Morgan fingerprint density at radius 1 is 1.62 bits per heavy atom. The average molecular weight is 224 g/mol. The number of hydrogen-bond donors (Lipinski definition) is 2. The number of nitrogens with one attached hydrogen (secondary N) is 1. The monoisotopic (exact) mass is 224 g/mol. The second kappa shape index (κ2) is 5.87. The van der Waals surface area contributed by atoms with E-state index in [9.17, 15) is 9.18 Å². The summed E-state index contributed by atoms with van der Waals surface area (Å²) in [6.45, 7) is 2.03. The van der Waals surface area contributed by atoms with Crippen LogP contribution in [-0.2, 0) is 9.53 Å². The Hall–Kier alpha value is -1.88. The Morgan fingerprint density at radius 2 is 2.38 bits per heavy atom. The fraction of sp³-hybridized carbons (Fsp3) is 0.182. The second-order valence-electron chi connectivity index (χ2n) is 2.97. The van der Waals surface area contributed by atoms with E-state index in [2.05, 4.69) is 10.2 Å². The van der Waals surface area contributed by atoms with Gasteiger partial charge in [-0.05, 0) is 30.7 Å². The van der Waals surface area contributed by atoms with Gasteiger partial charge in [-0.15, -0.1) is 0 Å². The van der Waals surface area contributed by atoms with Crippen LogP contribution in [0.4, 0.5) is 10.1 Å². The summed E-state index contributed by atoms with van der Waals surface area (Å²) in [5.41, 5.74) is 2.98. The molecule has 1 aromatic rings. The highest BCUT2D eigenvalue weighted by Gasteiger charge is 2.00. The predicted molar refractivity (Wildman–Crippen MR) is 59.9 cm³/mol. The SMILES string of the molecule is CCOC(=O)C=Cc1ccc(NN)c(F)c1. The largest absolute Gasteiger partial charge is 0.463 e. The fourth-order valence-electron chi connectivity index (χ4n) is 1.11. The van der Waals surface area contributed by atoms with Crippen LogP contribution in [-0.4, -0.2) is 12.6 Å². The molecule has 0 aliphatic carbocycles. The van der Waals surface area contributed by atoms with Crippen LogP contribution in [0.1, 0.15) is 12.5 Å². The van der Waals surface area contributed by atoms with Gasteiger partial charge in [0.05, 0.1) is 12.3 Å². The zero-order valence-corrected chi connectivity index (χ0v) is 8.87. The van der Waals surface area contributed by atoms with Crippen molar-refractivity contribution >= 4 is 17.7 Å². The molecule has 16 heavy (non-hydrogen) atoms. The van der Waals surface area contributed by atoms with Gasteiger partial charge >= 0.3 is 5.97 Å². The van der Waals surface area contributed by atoms with Gasteiger partial charge in [0.15, 0.2) is 0 Å². The summed E-state index contributed by atoms with van der Waals surface area (Å²) in [6, 6.07) is 4.39. The number of hydrogen-bond acceptors (Lipinski definition) is 4. The smallest absolute Gasteiger partial charge is 0.330 e. The van der Waals surface area contributed by atoms with Crippen LogP contribution in [0.15, 0.2) is 24.3 Å². The molecule has 0 saturated heterocycles. The molecule has 0 spiro atoms. The van der Waals surface area contributed by atoms with Crippen molar-refractivity contribution in [2.24, 2.45) is 5.84 Å². The Labute approximate surface area is 92.9 Å². The average Bonchev–Trinajstić information content (AvgIpc) is 2.27. The zero-order valence-electron chi connectivity index (χ0n) is 8.87. The van der Waals surface area contributed by atoms with Crippen LogP contribution in [0.5, 0.6) is 0 Å². The molecule has 1 aromatic carbocycles. The minimum Gasteiger partial charge on any atom is -0.463 e. The van der Waals surface area contributed by atoms with Gasteiger partial charge in [-0.3, -0.25) is 5.84 Å². The number of esters is 1. The van der Waals surface area contributed by atoms with Gasteiger partial charge < -0.3 is 10.2 Å². The maximum Gasteiger partial charge on any atom is 0.330 e. The van der Waals surface area contributed by atoms with E-state index in [1.54, 1.807) is 13.0 Å². The Kier molecular flexibility index (Phi) is 4.47. The third kappa shape index (κ3) is 3.36. The number of nitrogens with two attached hydrogens (primary N) is 1. The zero-order chi connectivity index (χ0) is 12.0. The first kappa shape index (κ1) is 12.2. The normalized spacial score (nSPS) is 10.4. The predicted octanol–water partition coefficient (Wildman–Crippen LogP) is 1.69. The fourth-order valence-corrected chi connectivity index (χ4v) is 1.11. The lowest BCUT2D eigenvalue weighted by molar-refractivity contribution is -0.137. The number of ether oxygens (including phenoxy) is 1. The van der Waals surface area contributed by atoms with E-state index >= 15 is 0 Å². The molecule has 0 aliphatic rings. The van der Waals surface area contributed by atoms with Gasteiger partial charge in [0.1, 0.15) is 5.82 Å². The Morgan fingerprint density at radius 3 is 2.94 bits per heavy atom. The van der Waals surface area contributed by atoms with Crippen molar-refractivity contribution < 1.29 is 13.9 Å². The molecule has 4 nitrogen and oxygen atoms in total. The number of carbonyl (C=O) groups excluding carboxylic acids is 1. The molecule has 1 rings (SSSR count). The first-order valence-electron chi connectivity index (χ1n) is 4.78. The van der Waals surface area contributed by atoms with Crippen molar-refractivity contribution in [2.45, 2.75) is 6.92 Å². The van der Waals surface area contributed by atoms with E-state index in [1.165, 1.54) is 24.3 Å². The highest BCUT2D eigenvalue weighted by molar-refractivity contribution is 5.87. The number of nitrogen functional groups attached to an aromatic ring is 1. The van der Waals surface area contributed by atoms with Crippen LogP contribution < -0.4 is 11.3 Å². The number of anilines is 1. The molecule has 86 valence electrons. The van der Waals surface area contributed by atoms with Crippen molar-refractivity contribution in [1.82, 2.24) is 0 Å².